The number of hydrogen-bond acceptors (Lipinski definition) is 6. The predicted molar refractivity (Wildman–Crippen MR) is 126 cm³/mol. The molecule has 0 aliphatic carbocycles. The molecule has 0 atom stereocenters. The highest BCUT2D eigenvalue weighted by atomic mass is 35.5. The van der Waals surface area contributed by atoms with Crippen LogP contribution in [0, 0.1) is 0 Å². The van der Waals surface area contributed by atoms with E-state index >= 15 is 0 Å². The van der Waals surface area contributed by atoms with Crippen LogP contribution in [0.15, 0.2) is 48.5 Å². The summed E-state index contributed by atoms with van der Waals surface area (Å²) < 4.78 is 25.7. The summed E-state index contributed by atoms with van der Waals surface area (Å²) in [5.74, 6) is -0.510. The Morgan fingerprint density at radius 3 is 2.23 bits per heavy atom. The molecule has 0 aliphatic heterocycles. The highest BCUT2D eigenvalue weighted by Gasteiger charge is 2.22. The van der Waals surface area contributed by atoms with Gasteiger partial charge in [0.15, 0.2) is 0 Å². The molecule has 0 radical (unpaired) electrons. The van der Waals surface area contributed by atoms with Crippen LogP contribution in [0.2, 0.25) is 5.02 Å². The fourth-order valence-corrected chi connectivity index (χ4v) is 4.55. The quantitative estimate of drug-likeness (QED) is 0.560. The Morgan fingerprint density at radius 1 is 1.06 bits per heavy atom. The second-order valence-electron chi connectivity index (χ2n) is 8.03. The average Bonchev–Trinajstić information content (AvgIpc) is 3.13. The van der Waals surface area contributed by atoms with Gasteiger partial charge < -0.3 is 0 Å². The molecule has 0 saturated carbocycles. The number of nitrogens with zero attached hydrogens (tertiary/aromatic N) is 3. The molecule has 10 heteroatoms. The molecule has 3 rings (SSSR count). The fourth-order valence-electron chi connectivity index (χ4n) is 2.80. The number of anilines is 2. The van der Waals surface area contributed by atoms with E-state index < -0.39 is 15.9 Å². The van der Waals surface area contributed by atoms with Crippen molar-refractivity contribution in [3.63, 3.8) is 0 Å². The lowest BCUT2D eigenvalue weighted by atomic mass is 9.87. The van der Waals surface area contributed by atoms with Gasteiger partial charge in [0.25, 0.3) is 0 Å². The Bertz CT molecular complexity index is 1170. The summed E-state index contributed by atoms with van der Waals surface area (Å²) in [6.07, 6.45) is 1.07. The van der Waals surface area contributed by atoms with Gasteiger partial charge in [-0.05, 0) is 35.2 Å². The topological polar surface area (TPSA) is 92.3 Å². The first kappa shape index (κ1) is 23.2. The van der Waals surface area contributed by atoms with Gasteiger partial charge in [0.1, 0.15) is 11.6 Å². The first-order valence-electron chi connectivity index (χ1n) is 9.41. The van der Waals surface area contributed by atoms with Crippen LogP contribution in [-0.2, 0) is 20.2 Å². The molecule has 1 N–H and O–H groups in total. The van der Waals surface area contributed by atoms with E-state index in [1.807, 2.05) is 12.1 Å². The maximum Gasteiger partial charge on any atom is 0.246 e. The van der Waals surface area contributed by atoms with Gasteiger partial charge in [0.05, 0.1) is 11.9 Å². The first-order valence-corrected chi connectivity index (χ1v) is 12.5. The van der Waals surface area contributed by atoms with Crippen LogP contribution in [0.1, 0.15) is 26.3 Å². The monoisotopic (exact) mass is 478 g/mol. The van der Waals surface area contributed by atoms with E-state index in [0.717, 1.165) is 21.7 Å². The van der Waals surface area contributed by atoms with Gasteiger partial charge in [-0.1, -0.05) is 68.0 Å². The van der Waals surface area contributed by atoms with Crippen molar-refractivity contribution in [1.29, 1.82) is 0 Å². The molecule has 0 saturated heterocycles. The number of rotatable bonds is 6. The summed E-state index contributed by atoms with van der Waals surface area (Å²) in [4.78, 5) is 12.6. The van der Waals surface area contributed by atoms with Crippen molar-refractivity contribution in [2.75, 3.05) is 22.4 Å². The first-order chi connectivity index (χ1) is 14.4. The van der Waals surface area contributed by atoms with Crippen LogP contribution in [0.4, 0.5) is 10.8 Å². The number of carbonyl (C=O) groups excluding carboxylic acids is 1. The number of carbonyl (C=O) groups is 1. The Hall–Kier alpha value is -2.49. The predicted octanol–water partition coefficient (Wildman–Crippen LogP) is 4.56. The number of aromatic nitrogens is 2. The van der Waals surface area contributed by atoms with Gasteiger partial charge in [-0.25, -0.2) is 8.42 Å². The lowest BCUT2D eigenvalue weighted by Crippen LogP contribution is -2.37. The van der Waals surface area contributed by atoms with Crippen molar-refractivity contribution in [1.82, 2.24) is 10.2 Å². The molecule has 1 aromatic heterocycles. The molecule has 0 fully saturated rings. The minimum absolute atomic E-state index is 0.0640. The molecule has 7 nitrogen and oxygen atoms in total. The third kappa shape index (κ3) is 6.03. The third-order valence-electron chi connectivity index (χ3n) is 4.47. The average molecular weight is 479 g/mol. The van der Waals surface area contributed by atoms with E-state index in [9.17, 15) is 13.2 Å². The maximum absolute atomic E-state index is 12.6. The summed E-state index contributed by atoms with van der Waals surface area (Å²) >= 11 is 7.09. The number of halogens is 1. The fraction of sp³-hybridized carbons (Fsp3) is 0.286. The van der Waals surface area contributed by atoms with Crippen LogP contribution >= 0.6 is 22.9 Å². The van der Waals surface area contributed by atoms with E-state index in [4.69, 9.17) is 11.6 Å². The van der Waals surface area contributed by atoms with Crippen molar-refractivity contribution >= 4 is 49.7 Å². The van der Waals surface area contributed by atoms with Crippen LogP contribution in [0.3, 0.4) is 0 Å². The summed E-state index contributed by atoms with van der Waals surface area (Å²) in [6.45, 7) is 5.85. The Morgan fingerprint density at radius 2 is 1.68 bits per heavy atom. The van der Waals surface area contributed by atoms with Gasteiger partial charge in [-0.2, -0.15) is 0 Å². The molecule has 0 unspecified atom stereocenters. The minimum Gasteiger partial charge on any atom is -0.299 e. The molecule has 0 aliphatic rings. The molecule has 164 valence electrons. The highest BCUT2D eigenvalue weighted by molar-refractivity contribution is 7.92. The van der Waals surface area contributed by atoms with Crippen molar-refractivity contribution in [2.24, 2.45) is 0 Å². The molecule has 1 heterocycles. The SMILES string of the molecule is CC(C)(C)c1ccc(N(CC(=O)Nc2nnc(-c3ccc(Cl)cc3)s2)S(C)(=O)=O)cc1. The molecule has 1 amide bonds. The summed E-state index contributed by atoms with van der Waals surface area (Å²) in [5, 5.41) is 12.2. The second kappa shape index (κ2) is 8.94. The lowest BCUT2D eigenvalue weighted by Gasteiger charge is -2.24. The van der Waals surface area contributed by atoms with Crippen molar-refractivity contribution < 1.29 is 13.2 Å². The van der Waals surface area contributed by atoms with Gasteiger partial charge in [-0.3, -0.25) is 14.4 Å². The largest absolute Gasteiger partial charge is 0.299 e. The van der Waals surface area contributed by atoms with E-state index in [1.165, 1.54) is 11.3 Å². The highest BCUT2D eigenvalue weighted by Crippen LogP contribution is 2.28. The summed E-state index contributed by atoms with van der Waals surface area (Å²) in [6, 6.07) is 14.2. The van der Waals surface area contributed by atoms with E-state index in [-0.39, 0.29) is 17.1 Å². The van der Waals surface area contributed by atoms with Crippen molar-refractivity contribution in [2.45, 2.75) is 26.2 Å². The van der Waals surface area contributed by atoms with Crippen LogP contribution in [0.5, 0.6) is 0 Å². The zero-order chi connectivity index (χ0) is 22.8. The number of sulfonamides is 1. The molecule has 31 heavy (non-hydrogen) atoms. The minimum atomic E-state index is -3.67. The zero-order valence-electron chi connectivity index (χ0n) is 17.6. The van der Waals surface area contributed by atoms with Crippen molar-refractivity contribution in [3.05, 3.63) is 59.1 Å². The molecular formula is C21H23ClN4O3S2. The molecule has 2 aromatic carbocycles. The molecule has 0 bridgehead atoms. The van der Waals surface area contributed by atoms with Gasteiger partial charge in [-0.15, -0.1) is 10.2 Å². The Balaban J connectivity index is 1.74. The maximum atomic E-state index is 12.6. The van der Waals surface area contributed by atoms with E-state index in [1.54, 1.807) is 36.4 Å². The summed E-state index contributed by atoms with van der Waals surface area (Å²) in [5.41, 5.74) is 2.24. The van der Waals surface area contributed by atoms with Crippen LogP contribution < -0.4 is 9.62 Å². The summed E-state index contributed by atoms with van der Waals surface area (Å²) in [7, 11) is -3.67. The van der Waals surface area contributed by atoms with E-state index in [2.05, 4.69) is 36.3 Å². The lowest BCUT2D eigenvalue weighted by molar-refractivity contribution is -0.114. The third-order valence-corrected chi connectivity index (χ3v) is 6.75. The zero-order valence-corrected chi connectivity index (χ0v) is 20.0. The normalized spacial score (nSPS) is 11.9. The van der Waals surface area contributed by atoms with Crippen LogP contribution in [0.25, 0.3) is 10.6 Å². The molecule has 0 spiro atoms. The number of hydrogen-bond donors (Lipinski definition) is 1. The van der Waals surface area contributed by atoms with E-state index in [0.29, 0.717) is 15.7 Å². The van der Waals surface area contributed by atoms with Gasteiger partial charge in [0, 0.05) is 10.6 Å². The second-order valence-corrected chi connectivity index (χ2v) is 11.4. The number of amides is 1. The standard InChI is InChI=1S/C21H23ClN4O3S2/c1-21(2,3)15-7-11-17(12-8-15)26(31(4,28)29)13-18(27)23-20-25-24-19(30-20)14-5-9-16(22)10-6-14/h5-12H,13H2,1-4H3,(H,23,25,27). The van der Waals surface area contributed by atoms with Crippen LogP contribution in [-0.4, -0.2) is 37.3 Å². The smallest absolute Gasteiger partial charge is 0.246 e. The van der Waals surface area contributed by atoms with Gasteiger partial charge >= 0.3 is 0 Å². The van der Waals surface area contributed by atoms with Crippen molar-refractivity contribution in [3.8, 4) is 10.6 Å². The molecule has 3 aromatic rings. The number of nitrogens with one attached hydrogen (secondary N) is 1. The van der Waals surface area contributed by atoms with Gasteiger partial charge in [0.2, 0.25) is 21.1 Å². The molecular weight excluding hydrogens is 456 g/mol. The Kier molecular flexibility index (Phi) is 6.68. The Labute approximate surface area is 191 Å². The number of benzene rings is 2.